The van der Waals surface area contributed by atoms with Crippen LogP contribution in [0.5, 0.6) is 0 Å². The Hall–Kier alpha value is -0.540. The van der Waals surface area contributed by atoms with Gasteiger partial charge in [-0.2, -0.15) is 0 Å². The molecule has 2 nitrogen and oxygen atoms in total. The molecule has 0 spiro atoms. The van der Waals surface area contributed by atoms with Crippen LogP contribution < -0.4 is 10.2 Å². The molecule has 1 N–H and O–H groups in total. The van der Waals surface area contributed by atoms with E-state index in [1.54, 1.807) is 0 Å². The molecular formula is C14H21BrN2. The molecule has 2 atom stereocenters. The van der Waals surface area contributed by atoms with E-state index in [4.69, 9.17) is 0 Å². The fourth-order valence-corrected chi connectivity index (χ4v) is 2.77. The van der Waals surface area contributed by atoms with Gasteiger partial charge < -0.3 is 10.2 Å². The molecule has 2 rings (SSSR count). The summed E-state index contributed by atoms with van der Waals surface area (Å²) < 4.78 is 1.20. The lowest BCUT2D eigenvalue weighted by Gasteiger charge is -2.25. The normalized spacial score (nSPS) is 25.8. The van der Waals surface area contributed by atoms with Crippen molar-refractivity contribution in [3.63, 3.8) is 0 Å². The molecule has 2 unspecified atom stereocenters. The van der Waals surface area contributed by atoms with Crippen LogP contribution >= 0.6 is 15.9 Å². The molecule has 0 saturated carbocycles. The standard InChI is InChI=1S/C14H21BrN2/c1-10-4-5-13(8-14(10)15)17-7-6-11(2)16-12(3)9-17/h4-5,8,11-12,16H,6-7,9H2,1-3H3. The second kappa shape index (κ2) is 5.40. The molecule has 1 aromatic rings. The molecule has 0 amide bonds. The molecule has 1 aliphatic heterocycles. The summed E-state index contributed by atoms with van der Waals surface area (Å²) in [6.45, 7) is 8.87. The summed E-state index contributed by atoms with van der Waals surface area (Å²) in [6, 6.07) is 7.81. The van der Waals surface area contributed by atoms with Crippen LogP contribution in [0.4, 0.5) is 5.69 Å². The summed E-state index contributed by atoms with van der Waals surface area (Å²) in [5.41, 5.74) is 2.62. The van der Waals surface area contributed by atoms with Crippen molar-refractivity contribution < 1.29 is 0 Å². The number of anilines is 1. The third-order valence-electron chi connectivity index (χ3n) is 3.42. The predicted molar refractivity (Wildman–Crippen MR) is 77.8 cm³/mol. The molecule has 1 aliphatic rings. The molecular weight excluding hydrogens is 276 g/mol. The van der Waals surface area contributed by atoms with Crippen molar-refractivity contribution in [3.8, 4) is 0 Å². The van der Waals surface area contributed by atoms with Crippen molar-refractivity contribution in [1.82, 2.24) is 5.32 Å². The number of nitrogens with one attached hydrogen (secondary N) is 1. The van der Waals surface area contributed by atoms with Gasteiger partial charge in [-0.15, -0.1) is 0 Å². The molecule has 0 radical (unpaired) electrons. The highest BCUT2D eigenvalue weighted by Gasteiger charge is 2.18. The van der Waals surface area contributed by atoms with Gasteiger partial charge in [-0.25, -0.2) is 0 Å². The van der Waals surface area contributed by atoms with Gasteiger partial charge in [0.25, 0.3) is 0 Å². The zero-order valence-electron chi connectivity index (χ0n) is 10.8. The maximum atomic E-state index is 3.62. The van der Waals surface area contributed by atoms with Crippen LogP contribution in [0.25, 0.3) is 0 Å². The van der Waals surface area contributed by atoms with E-state index in [2.05, 4.69) is 65.1 Å². The Bertz CT molecular complexity index is 392. The van der Waals surface area contributed by atoms with E-state index in [-0.39, 0.29) is 0 Å². The van der Waals surface area contributed by atoms with E-state index in [9.17, 15) is 0 Å². The minimum atomic E-state index is 0.549. The minimum absolute atomic E-state index is 0.549. The van der Waals surface area contributed by atoms with Crippen molar-refractivity contribution in [2.75, 3.05) is 18.0 Å². The highest BCUT2D eigenvalue weighted by Crippen LogP contribution is 2.24. The van der Waals surface area contributed by atoms with Gasteiger partial charge in [0.15, 0.2) is 0 Å². The quantitative estimate of drug-likeness (QED) is 0.855. The molecule has 0 aromatic heterocycles. The number of nitrogens with zero attached hydrogens (tertiary/aromatic N) is 1. The SMILES string of the molecule is Cc1ccc(N2CCC(C)NC(C)C2)cc1Br. The molecule has 0 bridgehead atoms. The summed E-state index contributed by atoms with van der Waals surface area (Å²) in [6.07, 6.45) is 1.20. The Morgan fingerprint density at radius 3 is 2.76 bits per heavy atom. The molecule has 1 fully saturated rings. The third kappa shape index (κ3) is 3.23. The van der Waals surface area contributed by atoms with E-state index >= 15 is 0 Å². The maximum absolute atomic E-state index is 3.62. The molecule has 3 heteroatoms. The summed E-state index contributed by atoms with van der Waals surface area (Å²) in [5, 5.41) is 3.61. The van der Waals surface area contributed by atoms with Gasteiger partial charge >= 0.3 is 0 Å². The topological polar surface area (TPSA) is 15.3 Å². The first kappa shape index (κ1) is 12.9. The van der Waals surface area contributed by atoms with E-state index in [0.717, 1.165) is 13.1 Å². The van der Waals surface area contributed by atoms with Crippen LogP contribution in [0.1, 0.15) is 25.8 Å². The Morgan fingerprint density at radius 2 is 2.06 bits per heavy atom. The lowest BCUT2D eigenvalue weighted by Crippen LogP contribution is -2.37. The zero-order chi connectivity index (χ0) is 12.4. The number of hydrogen-bond donors (Lipinski definition) is 1. The van der Waals surface area contributed by atoms with E-state index in [1.807, 2.05) is 0 Å². The van der Waals surface area contributed by atoms with Gasteiger partial charge in [0.05, 0.1) is 0 Å². The first-order chi connectivity index (χ1) is 8.06. The van der Waals surface area contributed by atoms with E-state index < -0.39 is 0 Å². The van der Waals surface area contributed by atoms with Gasteiger partial charge in [0.2, 0.25) is 0 Å². The van der Waals surface area contributed by atoms with Crippen molar-refractivity contribution in [1.29, 1.82) is 0 Å². The monoisotopic (exact) mass is 296 g/mol. The highest BCUT2D eigenvalue weighted by atomic mass is 79.9. The first-order valence-electron chi connectivity index (χ1n) is 6.33. The lowest BCUT2D eigenvalue weighted by atomic mass is 10.2. The van der Waals surface area contributed by atoms with Gasteiger partial charge in [-0.1, -0.05) is 22.0 Å². The van der Waals surface area contributed by atoms with Gasteiger partial charge in [-0.05, 0) is 44.9 Å². The fourth-order valence-electron chi connectivity index (χ4n) is 2.41. The van der Waals surface area contributed by atoms with Gasteiger partial charge in [-0.3, -0.25) is 0 Å². The van der Waals surface area contributed by atoms with Crippen LogP contribution in [0.2, 0.25) is 0 Å². The van der Waals surface area contributed by atoms with Gasteiger partial charge in [0, 0.05) is 35.3 Å². The number of rotatable bonds is 1. The van der Waals surface area contributed by atoms with Crippen LogP contribution in [0, 0.1) is 6.92 Å². The van der Waals surface area contributed by atoms with Crippen molar-refractivity contribution >= 4 is 21.6 Å². The molecule has 1 saturated heterocycles. The lowest BCUT2D eigenvalue weighted by molar-refractivity contribution is 0.492. The minimum Gasteiger partial charge on any atom is -0.370 e. The summed E-state index contributed by atoms with van der Waals surface area (Å²) in [5.74, 6) is 0. The average Bonchev–Trinajstić information content (AvgIpc) is 2.43. The summed E-state index contributed by atoms with van der Waals surface area (Å²) in [7, 11) is 0. The second-order valence-electron chi connectivity index (χ2n) is 5.14. The molecule has 1 aromatic carbocycles. The fraction of sp³-hybridized carbons (Fsp3) is 0.571. The molecule has 94 valence electrons. The second-order valence-corrected chi connectivity index (χ2v) is 5.99. The Morgan fingerprint density at radius 1 is 1.29 bits per heavy atom. The van der Waals surface area contributed by atoms with Crippen molar-refractivity contribution in [2.45, 2.75) is 39.3 Å². The predicted octanol–water partition coefficient (Wildman–Crippen LogP) is 3.33. The summed E-state index contributed by atoms with van der Waals surface area (Å²) >= 11 is 3.62. The van der Waals surface area contributed by atoms with Gasteiger partial charge in [0.1, 0.15) is 0 Å². The van der Waals surface area contributed by atoms with Crippen LogP contribution in [0.3, 0.4) is 0 Å². The smallest absolute Gasteiger partial charge is 0.0378 e. The largest absolute Gasteiger partial charge is 0.370 e. The molecule has 0 aliphatic carbocycles. The number of benzene rings is 1. The average molecular weight is 297 g/mol. The van der Waals surface area contributed by atoms with Crippen LogP contribution in [-0.4, -0.2) is 25.2 Å². The van der Waals surface area contributed by atoms with Crippen LogP contribution in [-0.2, 0) is 0 Å². The van der Waals surface area contributed by atoms with Crippen molar-refractivity contribution in [3.05, 3.63) is 28.2 Å². The Labute approximate surface area is 113 Å². The maximum Gasteiger partial charge on any atom is 0.0378 e. The third-order valence-corrected chi connectivity index (χ3v) is 4.27. The van der Waals surface area contributed by atoms with Crippen molar-refractivity contribution in [2.24, 2.45) is 0 Å². The molecule has 1 heterocycles. The highest BCUT2D eigenvalue weighted by molar-refractivity contribution is 9.10. The number of halogens is 1. The first-order valence-corrected chi connectivity index (χ1v) is 7.12. The Kier molecular flexibility index (Phi) is 4.10. The molecule has 17 heavy (non-hydrogen) atoms. The van der Waals surface area contributed by atoms with E-state index in [1.165, 1.54) is 22.1 Å². The van der Waals surface area contributed by atoms with E-state index in [0.29, 0.717) is 12.1 Å². The zero-order valence-corrected chi connectivity index (χ0v) is 12.4. The number of aryl methyl sites for hydroxylation is 1. The Balaban J connectivity index is 2.17. The summed E-state index contributed by atoms with van der Waals surface area (Å²) in [4.78, 5) is 2.48. The number of hydrogen-bond acceptors (Lipinski definition) is 2. The van der Waals surface area contributed by atoms with Crippen LogP contribution in [0.15, 0.2) is 22.7 Å².